The molecule has 2 nitrogen and oxygen atoms in total. The molecule has 1 aromatic rings. The van der Waals surface area contributed by atoms with Crippen LogP contribution in [0.15, 0.2) is 24.3 Å². The molecule has 1 unspecified atom stereocenters. The third-order valence-electron chi connectivity index (χ3n) is 3.84. The lowest BCUT2D eigenvalue weighted by molar-refractivity contribution is 0.609. The van der Waals surface area contributed by atoms with Crippen LogP contribution in [-0.2, 0) is 6.54 Å². The second-order valence-electron chi connectivity index (χ2n) is 5.14. The van der Waals surface area contributed by atoms with Crippen LogP contribution in [0.25, 0.3) is 0 Å². The predicted molar refractivity (Wildman–Crippen MR) is 74.4 cm³/mol. The molecule has 1 aliphatic rings. The molecule has 0 radical (unpaired) electrons. The van der Waals surface area contributed by atoms with Gasteiger partial charge in [0.15, 0.2) is 0 Å². The van der Waals surface area contributed by atoms with Crippen LogP contribution in [0.1, 0.15) is 32.3 Å². The van der Waals surface area contributed by atoms with Crippen molar-refractivity contribution in [2.75, 3.05) is 18.5 Å². The fraction of sp³-hybridized carbons (Fsp3) is 0.600. The van der Waals surface area contributed by atoms with Gasteiger partial charge in [0.05, 0.1) is 0 Å². The van der Waals surface area contributed by atoms with Gasteiger partial charge in [-0.25, -0.2) is 0 Å². The molecule has 0 saturated heterocycles. The molecule has 1 saturated carbocycles. The summed E-state index contributed by atoms with van der Waals surface area (Å²) in [6.07, 6.45) is 2.81. The Labute approximate surface area is 105 Å². The summed E-state index contributed by atoms with van der Waals surface area (Å²) in [7, 11) is 2.21. The van der Waals surface area contributed by atoms with E-state index >= 15 is 0 Å². The third kappa shape index (κ3) is 3.22. The number of hydrogen-bond acceptors (Lipinski definition) is 2. The highest BCUT2D eigenvalue weighted by molar-refractivity contribution is 5.48. The smallest absolute Gasteiger partial charge is 0.0366 e. The van der Waals surface area contributed by atoms with Crippen LogP contribution in [0.3, 0.4) is 0 Å². The van der Waals surface area contributed by atoms with Crippen LogP contribution in [0.2, 0.25) is 0 Å². The summed E-state index contributed by atoms with van der Waals surface area (Å²) in [6, 6.07) is 9.62. The summed E-state index contributed by atoms with van der Waals surface area (Å²) in [6.45, 7) is 6.47. The van der Waals surface area contributed by atoms with Crippen molar-refractivity contribution in [1.29, 1.82) is 0 Å². The van der Waals surface area contributed by atoms with E-state index in [2.05, 4.69) is 55.4 Å². The number of benzene rings is 1. The van der Waals surface area contributed by atoms with Crippen molar-refractivity contribution in [2.45, 2.75) is 39.3 Å². The second-order valence-corrected chi connectivity index (χ2v) is 5.14. The Kier molecular flexibility index (Phi) is 4.06. The van der Waals surface area contributed by atoms with Crippen LogP contribution >= 0.6 is 0 Å². The van der Waals surface area contributed by atoms with Crippen LogP contribution in [0.5, 0.6) is 0 Å². The lowest BCUT2D eigenvalue weighted by atomic mass is 10.1. The second kappa shape index (κ2) is 5.54. The number of nitrogens with one attached hydrogen (secondary N) is 1. The molecule has 17 heavy (non-hydrogen) atoms. The van der Waals surface area contributed by atoms with Gasteiger partial charge in [-0.2, -0.15) is 0 Å². The van der Waals surface area contributed by atoms with Crippen LogP contribution in [0, 0.1) is 5.92 Å². The van der Waals surface area contributed by atoms with Crippen LogP contribution < -0.4 is 10.2 Å². The van der Waals surface area contributed by atoms with Gasteiger partial charge in [0.1, 0.15) is 0 Å². The highest BCUT2D eigenvalue weighted by Crippen LogP contribution is 2.36. The van der Waals surface area contributed by atoms with Crippen molar-refractivity contribution in [3.05, 3.63) is 29.8 Å². The Balaban J connectivity index is 1.96. The van der Waals surface area contributed by atoms with E-state index in [0.29, 0.717) is 6.04 Å². The molecular formula is C15H24N2. The van der Waals surface area contributed by atoms with Gasteiger partial charge in [0.25, 0.3) is 0 Å². The van der Waals surface area contributed by atoms with Crippen molar-refractivity contribution >= 4 is 5.69 Å². The minimum atomic E-state index is 0.676. The summed E-state index contributed by atoms with van der Waals surface area (Å²) in [4.78, 5) is 2.41. The zero-order valence-electron chi connectivity index (χ0n) is 11.2. The molecule has 1 aromatic carbocycles. The number of nitrogens with zero attached hydrogens (tertiary/aromatic N) is 1. The molecular weight excluding hydrogens is 208 g/mol. The standard InChI is InChI=1S/C15H24N2/c1-4-16-11-13-5-9-15(10-6-13)17(3)12(2)14-7-8-14/h5-6,9-10,12,14,16H,4,7-8,11H2,1-3H3. The average Bonchev–Trinajstić information content (AvgIpc) is 3.19. The zero-order chi connectivity index (χ0) is 12.3. The molecule has 1 aliphatic carbocycles. The normalized spacial score (nSPS) is 16.9. The fourth-order valence-corrected chi connectivity index (χ4v) is 2.25. The van der Waals surface area contributed by atoms with Gasteiger partial charge in [-0.05, 0) is 49.9 Å². The number of anilines is 1. The average molecular weight is 232 g/mol. The van der Waals surface area contributed by atoms with Crippen molar-refractivity contribution < 1.29 is 0 Å². The minimum absolute atomic E-state index is 0.676. The van der Waals surface area contributed by atoms with Crippen molar-refractivity contribution in [1.82, 2.24) is 5.32 Å². The molecule has 2 rings (SSSR count). The van der Waals surface area contributed by atoms with Gasteiger partial charge in [-0.15, -0.1) is 0 Å². The molecule has 0 aliphatic heterocycles. The number of rotatable bonds is 6. The highest BCUT2D eigenvalue weighted by atomic mass is 15.1. The van der Waals surface area contributed by atoms with Gasteiger partial charge in [0.2, 0.25) is 0 Å². The van der Waals surface area contributed by atoms with E-state index in [9.17, 15) is 0 Å². The van der Waals surface area contributed by atoms with E-state index in [1.165, 1.54) is 24.1 Å². The molecule has 94 valence electrons. The Bertz CT molecular complexity index is 340. The topological polar surface area (TPSA) is 15.3 Å². The molecule has 0 amide bonds. The SMILES string of the molecule is CCNCc1ccc(N(C)C(C)C2CC2)cc1. The zero-order valence-corrected chi connectivity index (χ0v) is 11.2. The van der Waals surface area contributed by atoms with Crippen molar-refractivity contribution in [3.63, 3.8) is 0 Å². The summed E-state index contributed by atoms with van der Waals surface area (Å²) >= 11 is 0. The first-order chi connectivity index (χ1) is 8.22. The predicted octanol–water partition coefficient (Wildman–Crippen LogP) is 3.03. The molecule has 0 bridgehead atoms. The molecule has 1 fully saturated rings. The van der Waals surface area contributed by atoms with E-state index < -0.39 is 0 Å². The lowest BCUT2D eigenvalue weighted by Crippen LogP contribution is -2.30. The van der Waals surface area contributed by atoms with Gasteiger partial charge in [0, 0.05) is 25.3 Å². The van der Waals surface area contributed by atoms with Crippen LogP contribution in [0.4, 0.5) is 5.69 Å². The summed E-state index contributed by atoms with van der Waals surface area (Å²) < 4.78 is 0. The summed E-state index contributed by atoms with van der Waals surface area (Å²) in [5, 5.41) is 3.35. The van der Waals surface area contributed by atoms with Crippen molar-refractivity contribution in [3.8, 4) is 0 Å². The van der Waals surface area contributed by atoms with E-state index in [0.717, 1.165) is 19.0 Å². The lowest BCUT2D eigenvalue weighted by Gasteiger charge is -2.27. The van der Waals surface area contributed by atoms with Gasteiger partial charge in [-0.1, -0.05) is 19.1 Å². The monoisotopic (exact) mass is 232 g/mol. The summed E-state index contributed by atoms with van der Waals surface area (Å²) in [5.41, 5.74) is 2.70. The fourth-order valence-electron chi connectivity index (χ4n) is 2.25. The first kappa shape index (κ1) is 12.4. The maximum Gasteiger partial charge on any atom is 0.0366 e. The van der Waals surface area contributed by atoms with Gasteiger partial charge >= 0.3 is 0 Å². The molecule has 0 heterocycles. The molecule has 1 atom stereocenters. The van der Waals surface area contributed by atoms with E-state index in [1.807, 2.05) is 0 Å². The first-order valence-electron chi connectivity index (χ1n) is 6.75. The van der Waals surface area contributed by atoms with Crippen LogP contribution in [-0.4, -0.2) is 19.6 Å². The third-order valence-corrected chi connectivity index (χ3v) is 3.84. The Morgan fingerprint density at radius 3 is 2.47 bits per heavy atom. The van der Waals surface area contributed by atoms with Gasteiger partial charge < -0.3 is 10.2 Å². The highest BCUT2D eigenvalue weighted by Gasteiger charge is 2.30. The molecule has 0 aromatic heterocycles. The molecule has 2 heteroatoms. The Morgan fingerprint density at radius 1 is 1.29 bits per heavy atom. The van der Waals surface area contributed by atoms with Crippen molar-refractivity contribution in [2.24, 2.45) is 5.92 Å². The van der Waals surface area contributed by atoms with E-state index in [-0.39, 0.29) is 0 Å². The van der Waals surface area contributed by atoms with Gasteiger partial charge in [-0.3, -0.25) is 0 Å². The molecule has 1 N–H and O–H groups in total. The van der Waals surface area contributed by atoms with E-state index in [1.54, 1.807) is 0 Å². The Morgan fingerprint density at radius 2 is 1.94 bits per heavy atom. The number of hydrogen-bond donors (Lipinski definition) is 1. The minimum Gasteiger partial charge on any atom is -0.372 e. The maximum atomic E-state index is 3.35. The maximum absolute atomic E-state index is 3.35. The van der Waals surface area contributed by atoms with E-state index in [4.69, 9.17) is 0 Å². The first-order valence-corrected chi connectivity index (χ1v) is 6.75. The Hall–Kier alpha value is -1.02. The molecule has 0 spiro atoms. The summed E-state index contributed by atoms with van der Waals surface area (Å²) in [5.74, 6) is 0.918. The largest absolute Gasteiger partial charge is 0.372 e. The quantitative estimate of drug-likeness (QED) is 0.811.